The van der Waals surface area contributed by atoms with Crippen LogP contribution in [-0.2, 0) is 19.5 Å². The van der Waals surface area contributed by atoms with Crippen molar-refractivity contribution in [2.75, 3.05) is 0 Å². The zero-order valence-electron chi connectivity index (χ0n) is 3.28. The van der Waals surface area contributed by atoms with E-state index in [1.54, 1.807) is 0 Å². The van der Waals surface area contributed by atoms with E-state index in [0.29, 0.717) is 0 Å². The molecule has 0 bridgehead atoms. The van der Waals surface area contributed by atoms with Crippen LogP contribution < -0.4 is 51.4 Å². The van der Waals surface area contributed by atoms with E-state index in [1.165, 1.54) is 0 Å². The van der Waals surface area contributed by atoms with Crippen LogP contribution in [-0.4, -0.2) is 0 Å². The van der Waals surface area contributed by atoms with Crippen molar-refractivity contribution in [1.82, 2.24) is 0 Å². The predicted molar refractivity (Wildman–Crippen MR) is 6.08 cm³/mol. The molecular weight excluding hydrogens is 168 g/mol. The zero-order chi connectivity index (χ0) is 2.00. The molecule has 4 heavy (non-hydrogen) atoms. The van der Waals surface area contributed by atoms with Gasteiger partial charge in [-0.15, -0.1) is 0 Å². The molecule has 0 N–H and O–H groups in total. The second kappa shape index (κ2) is 21.8. The Balaban J connectivity index is -0.00000000167. The van der Waals surface area contributed by atoms with Gasteiger partial charge in [0.25, 0.3) is 0 Å². The molecule has 0 heterocycles. The molecule has 0 aliphatic carbocycles. The van der Waals surface area contributed by atoms with Crippen molar-refractivity contribution in [3.05, 3.63) is 6.57 Å². The molecule has 0 unspecified atom stereocenters. The van der Waals surface area contributed by atoms with Crippen LogP contribution in [0.25, 0.3) is 0 Å². The summed E-state index contributed by atoms with van der Waals surface area (Å²) in [4.78, 5) is 0. The van der Waals surface area contributed by atoms with Crippen molar-refractivity contribution in [2.45, 2.75) is 0 Å². The van der Waals surface area contributed by atoms with Crippen molar-refractivity contribution in [3.8, 4) is 0 Å². The third-order valence-electron chi connectivity index (χ3n) is 0. The molecule has 0 saturated heterocycles. The fraction of sp³-hybridized carbons (Fsp3) is 0. The molecule has 21 valence electrons. The van der Waals surface area contributed by atoms with Crippen LogP contribution >= 0.6 is 0 Å². The zero-order valence-corrected chi connectivity index (χ0v) is 7.04. The Bertz CT molecular complexity index is 16.4. The van der Waals surface area contributed by atoms with Crippen molar-refractivity contribution < 1.29 is 72.3 Å². The largest absolute Gasteiger partial charge is 1.00 e. The summed E-state index contributed by atoms with van der Waals surface area (Å²) in [5.74, 6) is 0. The van der Waals surface area contributed by atoms with Gasteiger partial charge in [-0.2, -0.15) is 0 Å². The van der Waals surface area contributed by atoms with Gasteiger partial charge in [0.2, 0.25) is 0 Å². The first-order chi connectivity index (χ1) is 1.00. The Morgan fingerprint density at radius 2 is 1.50 bits per heavy atom. The Labute approximate surface area is 82.4 Å². The van der Waals surface area contributed by atoms with E-state index in [2.05, 4.69) is 0 Å². The predicted octanol–water partition coefficient (Wildman–Crippen LogP) is -2.79. The first-order valence-corrected chi connectivity index (χ1v) is 0.224. The van der Waals surface area contributed by atoms with Gasteiger partial charge >= 0.3 is 51.4 Å². The first kappa shape index (κ1) is 17.2. The van der Waals surface area contributed by atoms with Gasteiger partial charge in [-0.3, -0.25) is 0 Å². The van der Waals surface area contributed by atoms with E-state index in [0.717, 1.165) is 0 Å². The van der Waals surface area contributed by atoms with Gasteiger partial charge in [0, 0.05) is 19.5 Å². The molecule has 0 aliphatic heterocycles. The molecule has 0 aromatic heterocycles. The Morgan fingerprint density at radius 1 is 1.50 bits per heavy atom. The minimum Gasteiger partial charge on any atom is -1.00 e. The Hall–Kier alpha value is 1.75. The maximum Gasteiger partial charge on any atom is 1.00 e. The molecule has 0 amide bonds. The van der Waals surface area contributed by atoms with Gasteiger partial charge in [0.1, 0.15) is 0 Å². The third-order valence-corrected chi connectivity index (χ3v) is 0. The Morgan fingerprint density at radius 3 is 1.50 bits per heavy atom. The average molecular weight is 169 g/mol. The molecule has 0 spiro atoms. The van der Waals surface area contributed by atoms with Crippen molar-refractivity contribution in [3.63, 3.8) is 0 Å². The molecule has 0 fully saturated rings. The average Bonchev–Trinajstić information content (AvgIpc) is 1.00. The monoisotopic (exact) mass is 169 g/mol. The van der Waals surface area contributed by atoms with E-state index in [-0.39, 0.29) is 72.3 Å². The minimum absolute atomic E-state index is 0. The van der Waals surface area contributed by atoms with E-state index in [9.17, 15) is 0 Å². The quantitative estimate of drug-likeness (QED) is 0.284. The molecule has 0 saturated carbocycles. The number of hydrogen-bond acceptors (Lipinski definition) is 1. The SMILES string of the molecule is [C-]#N.[H-].[K+].[Rh]. The second-order valence-corrected chi connectivity index (χ2v) is 0. The molecule has 0 aromatic rings. The normalized spacial score (nSPS) is 0.500. The molecule has 3 heteroatoms. The second-order valence-electron chi connectivity index (χ2n) is 0. The van der Waals surface area contributed by atoms with E-state index in [1.807, 2.05) is 0 Å². The summed E-state index contributed by atoms with van der Waals surface area (Å²) >= 11 is 0. The molecular formula is CHKNRh-. The van der Waals surface area contributed by atoms with Gasteiger partial charge in [0.05, 0.1) is 0 Å². The number of nitrogens with zero attached hydrogens (tertiary/aromatic N) is 1. The van der Waals surface area contributed by atoms with Gasteiger partial charge in [-0.25, -0.2) is 0 Å². The van der Waals surface area contributed by atoms with Crippen LogP contribution in [0.5, 0.6) is 0 Å². The fourth-order valence-corrected chi connectivity index (χ4v) is 0. The molecule has 0 atom stereocenters. The van der Waals surface area contributed by atoms with Crippen LogP contribution in [0.15, 0.2) is 0 Å². The van der Waals surface area contributed by atoms with Crippen LogP contribution in [0.4, 0.5) is 0 Å². The molecule has 1 radical (unpaired) electrons. The van der Waals surface area contributed by atoms with Crippen molar-refractivity contribution in [1.29, 1.82) is 5.26 Å². The number of hydrogen-bond donors (Lipinski definition) is 0. The third kappa shape index (κ3) is 9.26. The topological polar surface area (TPSA) is 23.8 Å². The van der Waals surface area contributed by atoms with Gasteiger partial charge < -0.3 is 13.3 Å². The van der Waals surface area contributed by atoms with Crippen molar-refractivity contribution in [2.24, 2.45) is 0 Å². The van der Waals surface area contributed by atoms with Gasteiger partial charge in [0.15, 0.2) is 0 Å². The van der Waals surface area contributed by atoms with Crippen LogP contribution in [0, 0.1) is 11.8 Å². The maximum atomic E-state index is 6.25. The maximum absolute atomic E-state index is 6.25. The first-order valence-electron chi connectivity index (χ1n) is 0.224. The van der Waals surface area contributed by atoms with E-state index >= 15 is 0 Å². The van der Waals surface area contributed by atoms with Crippen LogP contribution in [0.2, 0.25) is 0 Å². The van der Waals surface area contributed by atoms with Crippen LogP contribution in [0.3, 0.4) is 0 Å². The fourth-order valence-electron chi connectivity index (χ4n) is 0. The van der Waals surface area contributed by atoms with E-state index in [4.69, 9.17) is 11.8 Å². The standard InChI is InChI=1S/CN.K.Rh.H/c1-2;;;/q-1;+1;;-1. The van der Waals surface area contributed by atoms with Gasteiger partial charge in [-0.05, 0) is 0 Å². The molecule has 1 nitrogen and oxygen atoms in total. The van der Waals surface area contributed by atoms with E-state index < -0.39 is 0 Å². The summed E-state index contributed by atoms with van der Waals surface area (Å²) in [6.07, 6.45) is 0. The van der Waals surface area contributed by atoms with Crippen LogP contribution in [0.1, 0.15) is 1.43 Å². The number of rotatable bonds is 0. The summed E-state index contributed by atoms with van der Waals surface area (Å²) in [6, 6.07) is 0. The summed E-state index contributed by atoms with van der Waals surface area (Å²) in [7, 11) is 0. The molecule has 0 rings (SSSR count). The summed E-state index contributed by atoms with van der Waals surface area (Å²) in [5, 5.41) is 6.25. The molecule has 0 aromatic carbocycles. The molecule has 0 aliphatic rings. The summed E-state index contributed by atoms with van der Waals surface area (Å²) < 4.78 is 0. The summed E-state index contributed by atoms with van der Waals surface area (Å²) in [5.41, 5.74) is 0. The Kier molecular flexibility index (Phi) is 93.6. The smallest absolute Gasteiger partial charge is 1.00 e. The minimum atomic E-state index is 0. The summed E-state index contributed by atoms with van der Waals surface area (Å²) in [6.45, 7) is 4.75. The van der Waals surface area contributed by atoms with Crippen molar-refractivity contribution >= 4 is 0 Å². The van der Waals surface area contributed by atoms with Gasteiger partial charge in [-0.1, -0.05) is 0 Å².